The van der Waals surface area contributed by atoms with Crippen molar-refractivity contribution >= 4 is 28.7 Å². The highest BCUT2D eigenvalue weighted by molar-refractivity contribution is 6.06. The van der Waals surface area contributed by atoms with E-state index < -0.39 is 6.09 Å². The molecular formula is C13H15N5O3. The maximum Gasteiger partial charge on any atom is 0.404 e. The van der Waals surface area contributed by atoms with E-state index in [0.29, 0.717) is 22.3 Å². The topological polar surface area (TPSA) is 132 Å². The standard InChI is InChI=1S/C13H15N5O3/c14-13(20)21-6-5-16-12(19)9-7-11(18-15)17-10-4-2-1-3-8(9)10/h1-4,7H,5-6,15H2,(H2,14,20)(H,16,19)(H,17,18). The summed E-state index contributed by atoms with van der Waals surface area (Å²) >= 11 is 0. The van der Waals surface area contributed by atoms with Crippen LogP contribution in [-0.4, -0.2) is 30.1 Å². The Labute approximate surface area is 120 Å². The summed E-state index contributed by atoms with van der Waals surface area (Å²) in [6.07, 6.45) is -0.881. The van der Waals surface area contributed by atoms with Crippen molar-refractivity contribution in [2.24, 2.45) is 11.6 Å². The van der Waals surface area contributed by atoms with Crippen LogP contribution in [0.1, 0.15) is 10.4 Å². The molecule has 6 N–H and O–H groups in total. The summed E-state index contributed by atoms with van der Waals surface area (Å²) in [6.45, 7) is 0.163. The van der Waals surface area contributed by atoms with E-state index in [-0.39, 0.29) is 19.1 Å². The molecule has 0 aliphatic carbocycles. The number of aromatic nitrogens is 1. The molecule has 1 heterocycles. The molecule has 110 valence electrons. The van der Waals surface area contributed by atoms with E-state index >= 15 is 0 Å². The first kappa shape index (κ1) is 14.5. The maximum absolute atomic E-state index is 12.2. The van der Waals surface area contributed by atoms with Gasteiger partial charge in [0.05, 0.1) is 17.6 Å². The minimum Gasteiger partial charge on any atom is -0.448 e. The van der Waals surface area contributed by atoms with Crippen LogP contribution in [0.3, 0.4) is 0 Å². The first-order chi connectivity index (χ1) is 10.1. The summed E-state index contributed by atoms with van der Waals surface area (Å²) in [6, 6.07) is 8.75. The van der Waals surface area contributed by atoms with Gasteiger partial charge in [0.2, 0.25) is 0 Å². The first-order valence-corrected chi connectivity index (χ1v) is 6.18. The summed E-state index contributed by atoms with van der Waals surface area (Å²) in [5, 5.41) is 3.33. The predicted octanol–water partition coefficient (Wildman–Crippen LogP) is 0.346. The second-order valence-electron chi connectivity index (χ2n) is 4.14. The van der Waals surface area contributed by atoms with Crippen molar-refractivity contribution < 1.29 is 14.3 Å². The van der Waals surface area contributed by atoms with Gasteiger partial charge in [-0.15, -0.1) is 0 Å². The quantitative estimate of drug-likeness (QED) is 0.356. The highest BCUT2D eigenvalue weighted by Gasteiger charge is 2.12. The molecule has 1 aromatic carbocycles. The number of nitrogens with zero attached hydrogens (tertiary/aromatic N) is 1. The molecule has 1 aromatic heterocycles. The fourth-order valence-corrected chi connectivity index (χ4v) is 1.85. The Morgan fingerprint density at radius 3 is 2.76 bits per heavy atom. The number of nitrogens with one attached hydrogen (secondary N) is 2. The lowest BCUT2D eigenvalue weighted by Crippen LogP contribution is -2.29. The number of para-hydroxylation sites is 1. The fourth-order valence-electron chi connectivity index (χ4n) is 1.85. The third-order valence-electron chi connectivity index (χ3n) is 2.74. The zero-order chi connectivity index (χ0) is 15.2. The van der Waals surface area contributed by atoms with Crippen LogP contribution in [0.25, 0.3) is 10.9 Å². The van der Waals surface area contributed by atoms with Gasteiger partial charge in [0, 0.05) is 5.39 Å². The van der Waals surface area contributed by atoms with Gasteiger partial charge in [-0.05, 0) is 12.1 Å². The molecule has 0 atom stereocenters. The van der Waals surface area contributed by atoms with Crippen LogP contribution in [0.2, 0.25) is 0 Å². The highest BCUT2D eigenvalue weighted by atomic mass is 16.5. The van der Waals surface area contributed by atoms with Gasteiger partial charge in [-0.25, -0.2) is 15.6 Å². The lowest BCUT2D eigenvalue weighted by molar-refractivity contribution is 0.0938. The number of hydrogen-bond donors (Lipinski definition) is 4. The molecule has 0 saturated heterocycles. The van der Waals surface area contributed by atoms with E-state index in [0.717, 1.165) is 0 Å². The second-order valence-corrected chi connectivity index (χ2v) is 4.14. The number of amides is 2. The molecule has 2 amide bonds. The van der Waals surface area contributed by atoms with Gasteiger partial charge in [0.25, 0.3) is 5.91 Å². The average Bonchev–Trinajstić information content (AvgIpc) is 2.50. The van der Waals surface area contributed by atoms with E-state index in [1.165, 1.54) is 0 Å². The largest absolute Gasteiger partial charge is 0.448 e. The molecule has 0 spiro atoms. The minimum atomic E-state index is -0.881. The van der Waals surface area contributed by atoms with Crippen LogP contribution < -0.4 is 22.3 Å². The Balaban J connectivity index is 2.19. The van der Waals surface area contributed by atoms with E-state index in [4.69, 9.17) is 11.6 Å². The zero-order valence-corrected chi connectivity index (χ0v) is 11.1. The SMILES string of the molecule is NNc1cc(C(=O)NCCOC(N)=O)c2ccccc2n1. The number of nitrogens with two attached hydrogens (primary N) is 2. The van der Waals surface area contributed by atoms with Gasteiger partial charge in [-0.3, -0.25) is 4.79 Å². The van der Waals surface area contributed by atoms with Crippen molar-refractivity contribution in [1.82, 2.24) is 10.3 Å². The van der Waals surface area contributed by atoms with Gasteiger partial charge >= 0.3 is 6.09 Å². The lowest BCUT2D eigenvalue weighted by atomic mass is 10.1. The summed E-state index contributed by atoms with van der Waals surface area (Å²) in [4.78, 5) is 26.9. The number of benzene rings is 1. The molecule has 0 saturated carbocycles. The molecule has 8 heteroatoms. The average molecular weight is 289 g/mol. The summed E-state index contributed by atoms with van der Waals surface area (Å²) in [5.74, 6) is 5.41. The zero-order valence-electron chi connectivity index (χ0n) is 11.1. The number of fused-ring (bicyclic) bond motifs is 1. The Morgan fingerprint density at radius 1 is 1.29 bits per heavy atom. The summed E-state index contributed by atoms with van der Waals surface area (Å²) in [5.41, 5.74) is 8.32. The molecule has 0 bridgehead atoms. The van der Waals surface area contributed by atoms with E-state index in [1.807, 2.05) is 12.1 Å². The van der Waals surface area contributed by atoms with Gasteiger partial charge in [0.15, 0.2) is 0 Å². The van der Waals surface area contributed by atoms with Crippen molar-refractivity contribution in [2.75, 3.05) is 18.6 Å². The van der Waals surface area contributed by atoms with E-state index in [9.17, 15) is 9.59 Å². The summed E-state index contributed by atoms with van der Waals surface area (Å²) < 4.78 is 4.54. The predicted molar refractivity (Wildman–Crippen MR) is 77.4 cm³/mol. The van der Waals surface area contributed by atoms with Gasteiger partial charge < -0.3 is 21.2 Å². The van der Waals surface area contributed by atoms with Gasteiger partial charge in [0.1, 0.15) is 12.4 Å². The van der Waals surface area contributed by atoms with Crippen molar-refractivity contribution in [2.45, 2.75) is 0 Å². The van der Waals surface area contributed by atoms with E-state index in [1.54, 1.807) is 18.2 Å². The van der Waals surface area contributed by atoms with Crippen molar-refractivity contribution in [1.29, 1.82) is 0 Å². The monoisotopic (exact) mass is 289 g/mol. The number of carbonyl (C=O) groups excluding carboxylic acids is 2. The van der Waals surface area contributed by atoms with Gasteiger partial charge in [-0.1, -0.05) is 18.2 Å². The van der Waals surface area contributed by atoms with Crippen molar-refractivity contribution in [3.63, 3.8) is 0 Å². The molecule has 2 aromatic rings. The van der Waals surface area contributed by atoms with Gasteiger partial charge in [-0.2, -0.15) is 0 Å². The molecule has 0 aliphatic heterocycles. The maximum atomic E-state index is 12.2. The Bertz CT molecular complexity index is 674. The Morgan fingerprint density at radius 2 is 2.05 bits per heavy atom. The molecule has 0 radical (unpaired) electrons. The molecule has 2 rings (SSSR count). The minimum absolute atomic E-state index is 0.00604. The number of rotatable bonds is 5. The van der Waals surface area contributed by atoms with Crippen LogP contribution in [0.4, 0.5) is 10.6 Å². The van der Waals surface area contributed by atoms with Crippen LogP contribution in [0.15, 0.2) is 30.3 Å². The number of carbonyl (C=O) groups is 2. The fraction of sp³-hybridized carbons (Fsp3) is 0.154. The normalized spacial score (nSPS) is 10.1. The number of anilines is 1. The van der Waals surface area contributed by atoms with Crippen LogP contribution in [0, 0.1) is 0 Å². The summed E-state index contributed by atoms with van der Waals surface area (Å²) in [7, 11) is 0. The molecule has 21 heavy (non-hydrogen) atoms. The number of nitrogen functional groups attached to an aromatic ring is 1. The third-order valence-corrected chi connectivity index (χ3v) is 2.74. The molecule has 0 unspecified atom stereocenters. The third kappa shape index (κ3) is 3.57. The van der Waals surface area contributed by atoms with Crippen molar-refractivity contribution in [3.05, 3.63) is 35.9 Å². The number of hydrogen-bond acceptors (Lipinski definition) is 6. The number of ether oxygens (including phenoxy) is 1. The first-order valence-electron chi connectivity index (χ1n) is 6.18. The number of hydrazine groups is 1. The number of primary amides is 1. The van der Waals surface area contributed by atoms with Crippen LogP contribution >= 0.6 is 0 Å². The van der Waals surface area contributed by atoms with Crippen LogP contribution in [-0.2, 0) is 4.74 Å². The smallest absolute Gasteiger partial charge is 0.404 e. The Hall–Kier alpha value is -2.87. The Kier molecular flexibility index (Phi) is 4.52. The number of pyridine rings is 1. The molecule has 8 nitrogen and oxygen atoms in total. The van der Waals surface area contributed by atoms with Crippen molar-refractivity contribution in [3.8, 4) is 0 Å². The molecular weight excluding hydrogens is 274 g/mol. The lowest BCUT2D eigenvalue weighted by Gasteiger charge is -2.10. The molecule has 0 fully saturated rings. The van der Waals surface area contributed by atoms with Crippen LogP contribution in [0.5, 0.6) is 0 Å². The van der Waals surface area contributed by atoms with E-state index in [2.05, 4.69) is 20.5 Å². The second kappa shape index (κ2) is 6.53. The molecule has 0 aliphatic rings. The highest BCUT2D eigenvalue weighted by Crippen LogP contribution is 2.20.